The van der Waals surface area contributed by atoms with Crippen LogP contribution in [0.4, 0.5) is 5.69 Å². The minimum absolute atomic E-state index is 0.153. The van der Waals surface area contributed by atoms with Crippen molar-refractivity contribution in [2.45, 2.75) is 13.3 Å². The van der Waals surface area contributed by atoms with Crippen molar-refractivity contribution in [1.29, 1.82) is 0 Å². The van der Waals surface area contributed by atoms with E-state index in [-0.39, 0.29) is 6.42 Å². The van der Waals surface area contributed by atoms with E-state index in [4.69, 9.17) is 17.3 Å². The summed E-state index contributed by atoms with van der Waals surface area (Å²) in [6, 6.07) is 7.10. The molecule has 0 bridgehead atoms. The van der Waals surface area contributed by atoms with Crippen LogP contribution in [0, 0.1) is 0 Å². The lowest BCUT2D eigenvalue weighted by Crippen LogP contribution is -2.15. The first kappa shape index (κ1) is 11.5. The molecule has 0 aromatic heterocycles. The molecule has 5 heteroatoms. The zero-order chi connectivity index (χ0) is 11.3. The molecule has 80 valence electrons. The second-order valence-electron chi connectivity index (χ2n) is 3.11. The van der Waals surface area contributed by atoms with Gasteiger partial charge >= 0.3 is 0 Å². The number of nitrogens with two attached hydrogens (primary N) is 1. The van der Waals surface area contributed by atoms with Crippen molar-refractivity contribution >= 4 is 28.9 Å². The average molecular weight is 226 g/mol. The van der Waals surface area contributed by atoms with Gasteiger partial charge in [0, 0.05) is 10.7 Å². The number of halogens is 1. The molecule has 0 aliphatic heterocycles. The quantitative estimate of drug-likeness (QED) is 0.608. The second kappa shape index (κ2) is 5.36. The number of hydrogen-bond donors (Lipinski definition) is 2. The van der Waals surface area contributed by atoms with Gasteiger partial charge in [-0.2, -0.15) is 5.10 Å². The van der Waals surface area contributed by atoms with Gasteiger partial charge in [0.1, 0.15) is 0 Å². The van der Waals surface area contributed by atoms with Crippen LogP contribution in [0.2, 0.25) is 5.02 Å². The number of hydrazone groups is 1. The van der Waals surface area contributed by atoms with Crippen LogP contribution in [0.5, 0.6) is 0 Å². The maximum atomic E-state index is 10.6. The first-order chi connectivity index (χ1) is 7.08. The van der Waals surface area contributed by atoms with E-state index in [0.717, 1.165) is 5.69 Å². The average Bonchev–Trinajstić information content (AvgIpc) is 2.16. The lowest BCUT2D eigenvalue weighted by atomic mass is 10.3. The van der Waals surface area contributed by atoms with E-state index < -0.39 is 5.91 Å². The maximum absolute atomic E-state index is 10.6. The standard InChI is InChI=1S/C10H12ClN3O/c1-7(6-10(12)15)13-14-9-4-2-8(11)3-5-9/h2-5,14H,6H2,1H3,(H2,12,15)/b13-7+. The molecule has 1 rings (SSSR count). The van der Waals surface area contributed by atoms with Crippen LogP contribution in [0.15, 0.2) is 29.4 Å². The van der Waals surface area contributed by atoms with Crippen molar-refractivity contribution < 1.29 is 4.79 Å². The van der Waals surface area contributed by atoms with Gasteiger partial charge in [0.15, 0.2) is 0 Å². The fraction of sp³-hybridized carbons (Fsp3) is 0.200. The van der Waals surface area contributed by atoms with Gasteiger partial charge < -0.3 is 5.73 Å². The van der Waals surface area contributed by atoms with Crippen molar-refractivity contribution in [1.82, 2.24) is 0 Å². The first-order valence-electron chi connectivity index (χ1n) is 4.41. The van der Waals surface area contributed by atoms with Gasteiger partial charge in [-0.1, -0.05) is 11.6 Å². The van der Waals surface area contributed by atoms with Gasteiger partial charge in [-0.3, -0.25) is 10.2 Å². The van der Waals surface area contributed by atoms with Crippen LogP contribution in [-0.2, 0) is 4.79 Å². The summed E-state index contributed by atoms with van der Waals surface area (Å²) in [5.41, 5.74) is 9.26. The van der Waals surface area contributed by atoms with E-state index in [0.29, 0.717) is 10.7 Å². The normalized spacial score (nSPS) is 11.2. The minimum atomic E-state index is -0.394. The Kier molecular flexibility index (Phi) is 4.12. The molecule has 0 fully saturated rings. The van der Waals surface area contributed by atoms with E-state index >= 15 is 0 Å². The highest BCUT2D eigenvalue weighted by Gasteiger charge is 1.97. The fourth-order valence-corrected chi connectivity index (χ4v) is 1.10. The van der Waals surface area contributed by atoms with E-state index in [1.807, 2.05) is 0 Å². The summed E-state index contributed by atoms with van der Waals surface area (Å²) in [5.74, 6) is -0.394. The van der Waals surface area contributed by atoms with Gasteiger partial charge in [0.25, 0.3) is 0 Å². The Bertz CT molecular complexity index is 373. The lowest BCUT2D eigenvalue weighted by molar-refractivity contribution is -0.116. The molecule has 0 radical (unpaired) electrons. The molecule has 0 saturated heterocycles. The third kappa shape index (κ3) is 4.46. The summed E-state index contributed by atoms with van der Waals surface area (Å²) >= 11 is 5.72. The largest absolute Gasteiger partial charge is 0.369 e. The van der Waals surface area contributed by atoms with E-state index in [9.17, 15) is 4.79 Å². The van der Waals surface area contributed by atoms with Crippen molar-refractivity contribution in [2.24, 2.45) is 10.8 Å². The maximum Gasteiger partial charge on any atom is 0.223 e. The highest BCUT2D eigenvalue weighted by Crippen LogP contribution is 2.13. The number of rotatable bonds is 4. The third-order valence-electron chi connectivity index (χ3n) is 1.65. The summed E-state index contributed by atoms with van der Waals surface area (Å²) in [6.45, 7) is 1.73. The van der Waals surface area contributed by atoms with Crippen LogP contribution in [0.25, 0.3) is 0 Å². The van der Waals surface area contributed by atoms with Crippen LogP contribution >= 0.6 is 11.6 Å². The van der Waals surface area contributed by atoms with E-state index in [1.165, 1.54) is 0 Å². The minimum Gasteiger partial charge on any atom is -0.369 e. The molecule has 0 spiro atoms. The third-order valence-corrected chi connectivity index (χ3v) is 1.90. The molecule has 0 aliphatic carbocycles. The van der Waals surface area contributed by atoms with Crippen molar-refractivity contribution in [3.63, 3.8) is 0 Å². The van der Waals surface area contributed by atoms with Crippen LogP contribution in [0.1, 0.15) is 13.3 Å². The molecule has 1 aromatic carbocycles. The van der Waals surface area contributed by atoms with Gasteiger partial charge in [0.05, 0.1) is 12.1 Å². The summed E-state index contributed by atoms with van der Waals surface area (Å²) in [4.78, 5) is 10.6. The molecule has 0 heterocycles. The molecular formula is C10H12ClN3O. The molecule has 1 aromatic rings. The highest BCUT2D eigenvalue weighted by molar-refractivity contribution is 6.30. The molecule has 0 atom stereocenters. The molecular weight excluding hydrogens is 214 g/mol. The topological polar surface area (TPSA) is 67.5 Å². The number of anilines is 1. The fourth-order valence-electron chi connectivity index (χ4n) is 0.976. The van der Waals surface area contributed by atoms with E-state index in [2.05, 4.69) is 10.5 Å². The molecule has 0 aliphatic rings. The zero-order valence-corrected chi connectivity index (χ0v) is 9.08. The first-order valence-corrected chi connectivity index (χ1v) is 4.79. The van der Waals surface area contributed by atoms with Crippen molar-refractivity contribution in [2.75, 3.05) is 5.43 Å². The predicted octanol–water partition coefficient (Wildman–Crippen LogP) is 2.00. The molecule has 0 unspecified atom stereocenters. The van der Waals surface area contributed by atoms with Gasteiger partial charge in [-0.05, 0) is 31.2 Å². The highest BCUT2D eigenvalue weighted by atomic mass is 35.5. The monoisotopic (exact) mass is 225 g/mol. The second-order valence-corrected chi connectivity index (χ2v) is 3.55. The summed E-state index contributed by atoms with van der Waals surface area (Å²) in [6.07, 6.45) is 0.153. The van der Waals surface area contributed by atoms with E-state index in [1.54, 1.807) is 31.2 Å². The van der Waals surface area contributed by atoms with Crippen LogP contribution in [-0.4, -0.2) is 11.6 Å². The Balaban J connectivity index is 2.55. The van der Waals surface area contributed by atoms with Crippen molar-refractivity contribution in [3.05, 3.63) is 29.3 Å². The van der Waals surface area contributed by atoms with Gasteiger partial charge in [-0.15, -0.1) is 0 Å². The van der Waals surface area contributed by atoms with Crippen LogP contribution < -0.4 is 11.2 Å². The molecule has 0 saturated carbocycles. The Morgan fingerprint density at radius 1 is 1.47 bits per heavy atom. The number of primary amides is 1. The predicted molar refractivity (Wildman–Crippen MR) is 62.0 cm³/mol. The zero-order valence-electron chi connectivity index (χ0n) is 8.33. The molecule has 3 N–H and O–H groups in total. The number of carbonyl (C=O) groups excluding carboxylic acids is 1. The Labute approximate surface area is 93.1 Å². The van der Waals surface area contributed by atoms with Gasteiger partial charge in [0.2, 0.25) is 5.91 Å². The van der Waals surface area contributed by atoms with Gasteiger partial charge in [-0.25, -0.2) is 0 Å². The molecule has 1 amide bonds. The molecule has 4 nitrogen and oxygen atoms in total. The SMILES string of the molecule is C/C(CC(N)=O)=N\Nc1ccc(Cl)cc1. The summed E-state index contributed by atoms with van der Waals surface area (Å²) in [7, 11) is 0. The molecule has 15 heavy (non-hydrogen) atoms. The summed E-state index contributed by atoms with van der Waals surface area (Å²) in [5, 5.41) is 4.65. The Hall–Kier alpha value is -1.55. The number of hydrogen-bond acceptors (Lipinski definition) is 3. The number of carbonyl (C=O) groups is 1. The number of nitrogens with zero attached hydrogens (tertiary/aromatic N) is 1. The summed E-state index contributed by atoms with van der Waals surface area (Å²) < 4.78 is 0. The number of benzene rings is 1. The smallest absolute Gasteiger partial charge is 0.223 e. The number of amides is 1. The van der Waals surface area contributed by atoms with Crippen LogP contribution in [0.3, 0.4) is 0 Å². The Morgan fingerprint density at radius 2 is 2.07 bits per heavy atom. The number of nitrogens with one attached hydrogen (secondary N) is 1. The van der Waals surface area contributed by atoms with Crippen molar-refractivity contribution in [3.8, 4) is 0 Å². The lowest BCUT2D eigenvalue weighted by Gasteiger charge is -2.01. The Morgan fingerprint density at radius 3 is 2.60 bits per heavy atom.